The van der Waals surface area contributed by atoms with Crippen molar-refractivity contribution < 1.29 is 13.7 Å². The van der Waals surface area contributed by atoms with Gasteiger partial charge >= 0.3 is 0 Å². The number of ether oxygens (including phenoxy) is 2. The summed E-state index contributed by atoms with van der Waals surface area (Å²) in [5.74, 6) is 3.18. The first kappa shape index (κ1) is 28.0. The zero-order valence-electron chi connectivity index (χ0n) is 19.4. The molecule has 2 N–H and O–H groups in total. The van der Waals surface area contributed by atoms with Crippen molar-refractivity contribution in [2.24, 2.45) is 4.99 Å². The summed E-state index contributed by atoms with van der Waals surface area (Å²) in [6, 6.07) is 6.45. The Morgan fingerprint density at radius 2 is 1.87 bits per heavy atom. The number of guanidine groups is 1. The molecule has 1 aromatic rings. The molecule has 8 heteroatoms. The molecule has 6 nitrogen and oxygen atoms in total. The molecule has 0 aromatic heterocycles. The first-order valence-corrected chi connectivity index (χ1v) is 12.8. The Kier molecular flexibility index (Phi) is 14.2. The van der Waals surface area contributed by atoms with E-state index in [4.69, 9.17) is 14.5 Å². The monoisotopic (exact) mass is 565 g/mol. The summed E-state index contributed by atoms with van der Waals surface area (Å²) < 4.78 is 23.6. The Morgan fingerprint density at radius 1 is 1.13 bits per heavy atom. The molecule has 0 heterocycles. The van der Waals surface area contributed by atoms with Crippen molar-refractivity contribution in [2.45, 2.75) is 71.1 Å². The van der Waals surface area contributed by atoms with Gasteiger partial charge in [-0.3, -0.25) is 9.20 Å². The molecule has 1 aromatic carbocycles. The second-order valence-electron chi connectivity index (χ2n) is 7.46. The number of hydrogen-bond acceptors (Lipinski definition) is 4. The standard InChI is InChI=1S/C23H39N3O3S.HI/c1-5-24-23(26-19-10-9-11-20(17-19)30(27)8-4)25-15-14-18-12-13-21(28-6-2)22(16-18)29-7-3;/h12-13,16,19-20H,5-11,14-15,17H2,1-4H3,(H2,24,25,26);1H. The second kappa shape index (κ2) is 15.7. The molecular formula is C23H40IN3O3S. The molecule has 0 aliphatic heterocycles. The Labute approximate surface area is 207 Å². The zero-order valence-corrected chi connectivity index (χ0v) is 22.6. The Bertz CT molecular complexity index is 703. The number of aliphatic imine (C=N–C) groups is 1. The smallest absolute Gasteiger partial charge is 0.191 e. The summed E-state index contributed by atoms with van der Waals surface area (Å²) in [4.78, 5) is 4.77. The van der Waals surface area contributed by atoms with Crippen molar-refractivity contribution in [3.05, 3.63) is 23.8 Å². The maximum atomic E-state index is 12.2. The van der Waals surface area contributed by atoms with Crippen LogP contribution in [0.25, 0.3) is 0 Å². The van der Waals surface area contributed by atoms with Crippen LogP contribution >= 0.6 is 24.0 Å². The van der Waals surface area contributed by atoms with Gasteiger partial charge in [0.1, 0.15) is 0 Å². The van der Waals surface area contributed by atoms with Crippen LogP contribution in [0.5, 0.6) is 11.5 Å². The minimum absolute atomic E-state index is 0. The molecule has 0 spiro atoms. The van der Waals surface area contributed by atoms with Gasteiger partial charge in [0, 0.05) is 40.9 Å². The van der Waals surface area contributed by atoms with Gasteiger partial charge in [-0.05, 0) is 64.2 Å². The van der Waals surface area contributed by atoms with Gasteiger partial charge in [0.25, 0.3) is 0 Å². The number of hydrogen-bond donors (Lipinski definition) is 2. The van der Waals surface area contributed by atoms with E-state index in [1.54, 1.807) is 0 Å². The minimum Gasteiger partial charge on any atom is -0.490 e. The largest absolute Gasteiger partial charge is 0.490 e. The van der Waals surface area contributed by atoms with Crippen LogP contribution in [0.2, 0.25) is 0 Å². The molecule has 0 bridgehead atoms. The highest BCUT2D eigenvalue weighted by atomic mass is 127. The van der Waals surface area contributed by atoms with Crippen molar-refractivity contribution in [1.29, 1.82) is 0 Å². The highest BCUT2D eigenvalue weighted by molar-refractivity contribution is 14.0. The third-order valence-corrected chi connectivity index (χ3v) is 6.99. The van der Waals surface area contributed by atoms with Gasteiger partial charge in [0.2, 0.25) is 0 Å². The predicted octanol–water partition coefficient (Wildman–Crippen LogP) is 4.28. The lowest BCUT2D eigenvalue weighted by Gasteiger charge is -2.30. The highest BCUT2D eigenvalue weighted by Crippen LogP contribution is 2.28. The van der Waals surface area contributed by atoms with Crippen LogP contribution in [0, 0.1) is 0 Å². The van der Waals surface area contributed by atoms with Crippen LogP contribution in [-0.4, -0.2) is 53.5 Å². The van der Waals surface area contributed by atoms with Crippen molar-refractivity contribution >= 4 is 40.7 Å². The summed E-state index contributed by atoms with van der Waals surface area (Å²) in [6.45, 7) is 10.8. The van der Waals surface area contributed by atoms with Crippen molar-refractivity contribution in [3.63, 3.8) is 0 Å². The maximum absolute atomic E-state index is 12.2. The van der Waals surface area contributed by atoms with E-state index in [1.165, 1.54) is 5.56 Å². The van der Waals surface area contributed by atoms with Gasteiger partial charge in [0.15, 0.2) is 17.5 Å². The van der Waals surface area contributed by atoms with E-state index in [1.807, 2.05) is 26.8 Å². The van der Waals surface area contributed by atoms with Gasteiger partial charge < -0.3 is 20.1 Å². The van der Waals surface area contributed by atoms with E-state index in [0.717, 1.165) is 61.9 Å². The number of halogens is 1. The molecule has 3 unspecified atom stereocenters. The van der Waals surface area contributed by atoms with Crippen LogP contribution in [0.4, 0.5) is 0 Å². The number of rotatable bonds is 11. The Hall–Kier alpha value is -1.03. The molecule has 1 aliphatic rings. The number of nitrogens with zero attached hydrogens (tertiary/aromatic N) is 1. The zero-order chi connectivity index (χ0) is 21.8. The molecule has 2 rings (SSSR count). The SMILES string of the molecule is CCNC(=NCCc1ccc(OCC)c(OCC)c1)NC1CCCC(S(=O)CC)C1.I. The van der Waals surface area contributed by atoms with Crippen LogP contribution in [0.1, 0.15) is 58.9 Å². The van der Waals surface area contributed by atoms with Crippen LogP contribution in [-0.2, 0) is 17.2 Å². The van der Waals surface area contributed by atoms with Gasteiger partial charge in [-0.25, -0.2) is 0 Å². The van der Waals surface area contributed by atoms with Gasteiger partial charge in [0.05, 0.1) is 13.2 Å². The van der Waals surface area contributed by atoms with Crippen LogP contribution in [0.15, 0.2) is 23.2 Å². The summed E-state index contributed by atoms with van der Waals surface area (Å²) in [5, 5.41) is 7.23. The van der Waals surface area contributed by atoms with Crippen molar-refractivity contribution in [3.8, 4) is 11.5 Å². The first-order valence-electron chi connectivity index (χ1n) is 11.4. The molecule has 0 amide bonds. The fraction of sp³-hybridized carbons (Fsp3) is 0.696. The highest BCUT2D eigenvalue weighted by Gasteiger charge is 2.26. The average Bonchev–Trinajstić information content (AvgIpc) is 2.75. The number of nitrogens with one attached hydrogen (secondary N) is 2. The lowest BCUT2D eigenvalue weighted by atomic mass is 9.95. The summed E-state index contributed by atoms with van der Waals surface area (Å²) in [5.41, 5.74) is 1.18. The third-order valence-electron chi connectivity index (χ3n) is 5.25. The van der Waals surface area contributed by atoms with Gasteiger partial charge in [-0.2, -0.15) is 0 Å². The van der Waals surface area contributed by atoms with E-state index < -0.39 is 10.8 Å². The Balaban J connectivity index is 0.00000480. The molecule has 1 saturated carbocycles. The van der Waals surface area contributed by atoms with E-state index in [2.05, 4.69) is 29.7 Å². The lowest BCUT2D eigenvalue weighted by Crippen LogP contribution is -2.46. The van der Waals surface area contributed by atoms with E-state index in [0.29, 0.717) is 31.1 Å². The summed E-state index contributed by atoms with van der Waals surface area (Å²) in [7, 11) is -0.713. The molecule has 178 valence electrons. The summed E-state index contributed by atoms with van der Waals surface area (Å²) in [6.07, 6.45) is 5.10. The normalized spacial score (nSPS) is 19.8. The average molecular weight is 566 g/mol. The molecule has 31 heavy (non-hydrogen) atoms. The van der Waals surface area contributed by atoms with Crippen LogP contribution in [0.3, 0.4) is 0 Å². The van der Waals surface area contributed by atoms with E-state index in [9.17, 15) is 4.21 Å². The lowest BCUT2D eigenvalue weighted by molar-refractivity contribution is 0.287. The van der Waals surface area contributed by atoms with Gasteiger partial charge in [-0.1, -0.05) is 19.4 Å². The van der Waals surface area contributed by atoms with E-state index in [-0.39, 0.29) is 24.0 Å². The molecule has 1 fully saturated rings. The second-order valence-corrected chi connectivity index (χ2v) is 9.46. The Morgan fingerprint density at radius 3 is 2.55 bits per heavy atom. The minimum atomic E-state index is -0.713. The molecule has 1 aliphatic carbocycles. The fourth-order valence-corrected chi connectivity index (χ4v) is 5.16. The van der Waals surface area contributed by atoms with Gasteiger partial charge in [-0.15, -0.1) is 24.0 Å². The fourth-order valence-electron chi connectivity index (χ4n) is 3.81. The first-order chi connectivity index (χ1) is 14.6. The maximum Gasteiger partial charge on any atom is 0.191 e. The molecule has 0 saturated heterocycles. The topological polar surface area (TPSA) is 72.0 Å². The third kappa shape index (κ3) is 9.55. The molecule has 3 atom stereocenters. The quantitative estimate of drug-likeness (QED) is 0.238. The molecule has 0 radical (unpaired) electrons. The van der Waals surface area contributed by atoms with E-state index >= 15 is 0 Å². The number of benzene rings is 1. The summed E-state index contributed by atoms with van der Waals surface area (Å²) >= 11 is 0. The van der Waals surface area contributed by atoms with Crippen LogP contribution < -0.4 is 20.1 Å². The molecular weight excluding hydrogens is 525 g/mol. The predicted molar refractivity (Wildman–Crippen MR) is 142 cm³/mol. The van der Waals surface area contributed by atoms with Crippen molar-refractivity contribution in [1.82, 2.24) is 10.6 Å². The van der Waals surface area contributed by atoms with Crippen molar-refractivity contribution in [2.75, 3.05) is 32.1 Å².